The van der Waals surface area contributed by atoms with Gasteiger partial charge in [-0.05, 0) is 45.4 Å². The Balaban J connectivity index is 2.37. The number of imide groups is 1. The van der Waals surface area contributed by atoms with E-state index in [2.05, 4.69) is 15.9 Å². The van der Waals surface area contributed by atoms with Crippen LogP contribution in [0.15, 0.2) is 28.7 Å². The van der Waals surface area contributed by atoms with Gasteiger partial charge in [0.1, 0.15) is 11.6 Å². The summed E-state index contributed by atoms with van der Waals surface area (Å²) in [4.78, 5) is 38.4. The van der Waals surface area contributed by atoms with Gasteiger partial charge in [0, 0.05) is 16.8 Å². The molecule has 0 aliphatic carbocycles. The highest BCUT2D eigenvalue weighted by molar-refractivity contribution is 9.10. The van der Waals surface area contributed by atoms with Gasteiger partial charge in [0.15, 0.2) is 0 Å². The van der Waals surface area contributed by atoms with E-state index in [1.807, 2.05) is 24.3 Å². The molecule has 1 unspecified atom stereocenters. The largest absolute Gasteiger partial charge is 0.464 e. The zero-order valence-corrected chi connectivity index (χ0v) is 16.3. The molecule has 1 saturated heterocycles. The molecule has 0 radical (unpaired) electrons. The van der Waals surface area contributed by atoms with Crippen molar-refractivity contribution in [2.45, 2.75) is 51.7 Å². The van der Waals surface area contributed by atoms with Crippen LogP contribution >= 0.6 is 15.9 Å². The number of rotatable bonds is 3. The maximum atomic E-state index is 12.5. The molecular formula is C18H22BrNO5. The van der Waals surface area contributed by atoms with Gasteiger partial charge in [-0.25, -0.2) is 14.5 Å². The summed E-state index contributed by atoms with van der Waals surface area (Å²) in [5, 5.41) is 0. The molecule has 1 aromatic rings. The minimum Gasteiger partial charge on any atom is -0.464 e. The molecule has 6 nitrogen and oxygen atoms in total. The molecule has 0 spiro atoms. The minimum absolute atomic E-state index is 0.0460. The van der Waals surface area contributed by atoms with Gasteiger partial charge in [-0.1, -0.05) is 28.1 Å². The predicted octanol–water partition coefficient (Wildman–Crippen LogP) is 3.63. The number of hydrogen-bond acceptors (Lipinski definition) is 5. The molecule has 1 heterocycles. The fourth-order valence-corrected chi connectivity index (χ4v) is 3.03. The molecule has 2 atom stereocenters. The van der Waals surface area contributed by atoms with Crippen molar-refractivity contribution in [1.82, 2.24) is 4.90 Å². The van der Waals surface area contributed by atoms with Gasteiger partial charge in [0.25, 0.3) is 0 Å². The van der Waals surface area contributed by atoms with Crippen LogP contribution in [-0.2, 0) is 19.1 Å². The molecular weight excluding hydrogens is 390 g/mol. The number of nitrogens with zero attached hydrogens (tertiary/aromatic N) is 1. The van der Waals surface area contributed by atoms with Crippen molar-refractivity contribution in [3.8, 4) is 0 Å². The molecule has 1 fully saturated rings. The van der Waals surface area contributed by atoms with Gasteiger partial charge in [0.2, 0.25) is 5.91 Å². The first-order valence-corrected chi connectivity index (χ1v) is 8.90. The number of ether oxygens (including phenoxy) is 2. The van der Waals surface area contributed by atoms with E-state index in [0.29, 0.717) is 0 Å². The van der Waals surface area contributed by atoms with Gasteiger partial charge >= 0.3 is 12.1 Å². The number of amides is 2. The lowest BCUT2D eigenvalue weighted by Crippen LogP contribution is -2.47. The van der Waals surface area contributed by atoms with Gasteiger partial charge in [-0.15, -0.1) is 0 Å². The fraction of sp³-hybridized carbons (Fsp3) is 0.500. The van der Waals surface area contributed by atoms with Gasteiger partial charge in [0.05, 0.1) is 6.61 Å². The summed E-state index contributed by atoms with van der Waals surface area (Å²) in [5.74, 6) is -1.51. The van der Waals surface area contributed by atoms with Crippen LogP contribution in [0.25, 0.3) is 0 Å². The molecule has 0 bridgehead atoms. The average Bonchev–Trinajstić information content (AvgIpc) is 2.84. The first kappa shape index (κ1) is 19.4. The lowest BCUT2D eigenvalue weighted by atomic mass is 9.91. The van der Waals surface area contributed by atoms with Crippen LogP contribution in [0.1, 0.15) is 45.6 Å². The Labute approximate surface area is 155 Å². The highest BCUT2D eigenvalue weighted by atomic mass is 79.9. The Kier molecular flexibility index (Phi) is 5.87. The predicted molar refractivity (Wildman–Crippen MR) is 95.0 cm³/mol. The Morgan fingerprint density at radius 1 is 1.24 bits per heavy atom. The van der Waals surface area contributed by atoms with E-state index >= 15 is 0 Å². The Hall–Kier alpha value is -1.89. The number of halogens is 1. The molecule has 136 valence electrons. The van der Waals surface area contributed by atoms with Gasteiger partial charge in [-0.3, -0.25) is 4.79 Å². The maximum Gasteiger partial charge on any atom is 0.417 e. The third kappa shape index (κ3) is 4.60. The highest BCUT2D eigenvalue weighted by Gasteiger charge is 2.50. The van der Waals surface area contributed by atoms with Gasteiger partial charge < -0.3 is 9.47 Å². The van der Waals surface area contributed by atoms with Crippen molar-refractivity contribution in [2.24, 2.45) is 0 Å². The average molecular weight is 412 g/mol. The second kappa shape index (κ2) is 7.56. The van der Waals surface area contributed by atoms with E-state index in [1.165, 1.54) is 0 Å². The van der Waals surface area contributed by atoms with E-state index in [0.717, 1.165) is 14.9 Å². The molecule has 25 heavy (non-hydrogen) atoms. The van der Waals surface area contributed by atoms with Crippen LogP contribution in [0.4, 0.5) is 4.79 Å². The van der Waals surface area contributed by atoms with Crippen molar-refractivity contribution in [3.63, 3.8) is 0 Å². The molecule has 2 amide bonds. The highest BCUT2D eigenvalue weighted by Crippen LogP contribution is 2.36. The third-order valence-electron chi connectivity index (χ3n) is 3.74. The SMILES string of the molecule is CCOC(=O)[C@@H]1C(c2ccc(Br)cc2)CC(=O)N1C(=O)OC(C)(C)C. The Bertz CT molecular complexity index is 665. The summed E-state index contributed by atoms with van der Waals surface area (Å²) in [6, 6.07) is 6.29. The molecule has 1 aliphatic heterocycles. The first-order chi connectivity index (χ1) is 11.6. The van der Waals surface area contributed by atoms with E-state index in [4.69, 9.17) is 9.47 Å². The smallest absolute Gasteiger partial charge is 0.417 e. The van der Waals surface area contributed by atoms with E-state index in [9.17, 15) is 14.4 Å². The van der Waals surface area contributed by atoms with E-state index < -0.39 is 35.5 Å². The van der Waals surface area contributed by atoms with Crippen molar-refractivity contribution < 1.29 is 23.9 Å². The van der Waals surface area contributed by atoms with Crippen molar-refractivity contribution >= 4 is 33.9 Å². The van der Waals surface area contributed by atoms with Crippen molar-refractivity contribution in [3.05, 3.63) is 34.3 Å². The standard InChI is InChI=1S/C18H22BrNO5/c1-5-24-16(22)15-13(11-6-8-12(19)9-7-11)10-14(21)20(15)17(23)25-18(2,3)4/h6-9,13,15H,5,10H2,1-4H3/t13?,15-/m0/s1. The van der Waals surface area contributed by atoms with Gasteiger partial charge in [-0.2, -0.15) is 0 Å². The summed E-state index contributed by atoms with van der Waals surface area (Å²) in [6.45, 7) is 6.96. The minimum atomic E-state index is -1.02. The zero-order valence-electron chi connectivity index (χ0n) is 14.7. The Morgan fingerprint density at radius 2 is 1.84 bits per heavy atom. The molecule has 2 rings (SSSR count). The van der Waals surface area contributed by atoms with Crippen molar-refractivity contribution in [1.29, 1.82) is 0 Å². The maximum absolute atomic E-state index is 12.5. The van der Waals surface area contributed by atoms with Crippen LogP contribution in [0.2, 0.25) is 0 Å². The number of esters is 1. The zero-order chi connectivity index (χ0) is 18.8. The summed E-state index contributed by atoms with van der Waals surface area (Å²) >= 11 is 3.36. The van der Waals surface area contributed by atoms with Crippen molar-refractivity contribution in [2.75, 3.05) is 6.61 Å². The van der Waals surface area contributed by atoms with Crippen LogP contribution in [-0.4, -0.2) is 41.1 Å². The summed E-state index contributed by atoms with van der Waals surface area (Å²) in [5.41, 5.74) is 0.0207. The quantitative estimate of drug-likeness (QED) is 0.709. The lowest BCUT2D eigenvalue weighted by molar-refractivity contribution is -0.151. The number of carbonyl (C=O) groups excluding carboxylic acids is 3. The number of carbonyl (C=O) groups is 3. The van der Waals surface area contributed by atoms with E-state index in [1.54, 1.807) is 27.7 Å². The topological polar surface area (TPSA) is 72.9 Å². The van der Waals surface area contributed by atoms with Crippen LogP contribution in [0.5, 0.6) is 0 Å². The fourth-order valence-electron chi connectivity index (χ4n) is 2.77. The van der Waals surface area contributed by atoms with Crippen LogP contribution in [0, 0.1) is 0 Å². The molecule has 1 aromatic carbocycles. The summed E-state index contributed by atoms with van der Waals surface area (Å²) in [6.07, 6.45) is -0.778. The normalized spacial score (nSPS) is 20.5. The molecule has 0 aromatic heterocycles. The van der Waals surface area contributed by atoms with Crippen LogP contribution in [0.3, 0.4) is 0 Å². The molecule has 0 saturated carbocycles. The monoisotopic (exact) mass is 411 g/mol. The molecule has 0 N–H and O–H groups in total. The number of hydrogen-bond donors (Lipinski definition) is 0. The summed E-state index contributed by atoms with van der Waals surface area (Å²) in [7, 11) is 0. The summed E-state index contributed by atoms with van der Waals surface area (Å²) < 4.78 is 11.3. The lowest BCUT2D eigenvalue weighted by Gasteiger charge is -2.28. The molecule has 1 aliphatic rings. The second-order valence-electron chi connectivity index (χ2n) is 6.80. The first-order valence-electron chi connectivity index (χ1n) is 8.11. The molecule has 7 heteroatoms. The van der Waals surface area contributed by atoms with E-state index in [-0.39, 0.29) is 13.0 Å². The third-order valence-corrected chi connectivity index (χ3v) is 4.27. The Morgan fingerprint density at radius 3 is 2.36 bits per heavy atom. The second-order valence-corrected chi connectivity index (χ2v) is 7.72. The number of likely N-dealkylation sites (tertiary alicyclic amines) is 1. The van der Waals surface area contributed by atoms with Crippen LogP contribution < -0.4 is 0 Å². The number of benzene rings is 1.